The second kappa shape index (κ2) is 9.78. The molecule has 0 aromatic carbocycles. The number of rotatable bonds is 4. The lowest BCUT2D eigenvalue weighted by Gasteiger charge is -2.45. The molecule has 2 aromatic heterocycles. The quantitative estimate of drug-likeness (QED) is 0.203. The summed E-state index contributed by atoms with van der Waals surface area (Å²) in [6, 6.07) is 2.48. The number of pyridine rings is 2. The van der Waals surface area contributed by atoms with Crippen LogP contribution in [0.25, 0.3) is 0 Å². The molecule has 226 valence electrons. The fourth-order valence-electron chi connectivity index (χ4n) is 6.98. The SMILES string of the molecule is CC(C)c1c2c(c3c([n+]1[O-])CC(C)(C)CC3O[Si](C)(C)C(C)(C)C)C1(CCCC1)O[C@@H]2c1ccc(C(F)(F)F)nc1. The molecule has 2 atom stereocenters. The van der Waals surface area contributed by atoms with Gasteiger partial charge in [0.2, 0.25) is 5.69 Å². The maximum Gasteiger partial charge on any atom is 0.433 e. The lowest BCUT2D eigenvalue weighted by molar-refractivity contribution is -0.626. The van der Waals surface area contributed by atoms with Crippen molar-refractivity contribution in [3.05, 3.63) is 62.9 Å². The summed E-state index contributed by atoms with van der Waals surface area (Å²) in [6.07, 6.45) is 0.878. The van der Waals surface area contributed by atoms with E-state index >= 15 is 0 Å². The number of nitrogens with zero attached hydrogens (tertiary/aromatic N) is 2. The zero-order valence-electron chi connectivity index (χ0n) is 26.0. The number of aromatic nitrogens is 2. The van der Waals surface area contributed by atoms with Gasteiger partial charge in [0.1, 0.15) is 11.8 Å². The predicted octanol–water partition coefficient (Wildman–Crippen LogP) is 8.78. The van der Waals surface area contributed by atoms with E-state index in [1.807, 2.05) is 13.8 Å². The molecule has 0 amide bonds. The summed E-state index contributed by atoms with van der Waals surface area (Å²) >= 11 is 0. The normalized spacial score (nSPS) is 23.7. The Morgan fingerprint density at radius 1 is 1.10 bits per heavy atom. The van der Waals surface area contributed by atoms with Gasteiger partial charge in [0.05, 0.1) is 22.8 Å². The van der Waals surface area contributed by atoms with Gasteiger partial charge >= 0.3 is 6.18 Å². The maximum atomic E-state index is 14.4. The van der Waals surface area contributed by atoms with Crippen molar-refractivity contribution >= 4 is 8.32 Å². The van der Waals surface area contributed by atoms with Crippen LogP contribution in [0.5, 0.6) is 0 Å². The first kappa shape index (κ1) is 30.5. The second-order valence-electron chi connectivity index (χ2n) is 15.1. The van der Waals surface area contributed by atoms with E-state index in [1.54, 1.807) is 0 Å². The monoisotopic (exact) mass is 590 g/mol. The molecule has 1 aliphatic heterocycles. The van der Waals surface area contributed by atoms with Crippen molar-refractivity contribution in [2.24, 2.45) is 5.41 Å². The van der Waals surface area contributed by atoms with Crippen molar-refractivity contribution in [1.29, 1.82) is 0 Å². The summed E-state index contributed by atoms with van der Waals surface area (Å²) in [6.45, 7) is 19.6. The summed E-state index contributed by atoms with van der Waals surface area (Å²) in [5.74, 6) is -0.110. The predicted molar refractivity (Wildman–Crippen MR) is 155 cm³/mol. The van der Waals surface area contributed by atoms with Crippen LogP contribution in [0.15, 0.2) is 18.3 Å². The minimum Gasteiger partial charge on any atom is -0.618 e. The highest BCUT2D eigenvalue weighted by atomic mass is 28.4. The average Bonchev–Trinajstić information content (AvgIpc) is 3.42. The molecule has 0 N–H and O–H groups in total. The Balaban J connectivity index is 1.79. The zero-order valence-corrected chi connectivity index (χ0v) is 27.0. The largest absolute Gasteiger partial charge is 0.618 e. The zero-order chi connectivity index (χ0) is 30.3. The number of ether oxygens (including phenoxy) is 1. The van der Waals surface area contributed by atoms with Crippen molar-refractivity contribution in [3.63, 3.8) is 0 Å². The first-order chi connectivity index (χ1) is 18.8. The van der Waals surface area contributed by atoms with Gasteiger partial charge in [0, 0.05) is 29.7 Å². The van der Waals surface area contributed by atoms with Gasteiger partial charge in [-0.3, -0.25) is 4.98 Å². The highest BCUT2D eigenvalue weighted by Crippen LogP contribution is 2.60. The third kappa shape index (κ3) is 5.14. The number of fused-ring (bicyclic) bond motifs is 4. The topological polar surface area (TPSA) is 58.3 Å². The van der Waals surface area contributed by atoms with Crippen LogP contribution in [0.2, 0.25) is 18.1 Å². The molecule has 3 aliphatic rings. The third-order valence-electron chi connectivity index (χ3n) is 9.94. The Morgan fingerprint density at radius 2 is 1.73 bits per heavy atom. The summed E-state index contributed by atoms with van der Waals surface area (Å²) < 4.78 is 55.4. The number of hydrogen-bond acceptors (Lipinski definition) is 4. The van der Waals surface area contributed by atoms with E-state index in [2.05, 4.69) is 52.7 Å². The highest BCUT2D eigenvalue weighted by molar-refractivity contribution is 6.74. The summed E-state index contributed by atoms with van der Waals surface area (Å²) in [5.41, 5.74) is 3.18. The van der Waals surface area contributed by atoms with Crippen molar-refractivity contribution in [2.45, 2.75) is 135 Å². The fourth-order valence-corrected chi connectivity index (χ4v) is 8.25. The molecule has 41 heavy (non-hydrogen) atoms. The van der Waals surface area contributed by atoms with Crippen LogP contribution in [-0.4, -0.2) is 13.3 Å². The lowest BCUT2D eigenvalue weighted by atomic mass is 9.70. The molecule has 1 spiro atoms. The van der Waals surface area contributed by atoms with Crippen LogP contribution in [0, 0.1) is 10.6 Å². The molecule has 1 saturated carbocycles. The van der Waals surface area contributed by atoms with Gasteiger partial charge in [-0.05, 0) is 48.9 Å². The molecular formula is C32H45F3N2O3Si. The fraction of sp³-hybridized carbons (Fsp3) is 0.688. The molecule has 5 nitrogen and oxygen atoms in total. The molecule has 2 aromatic rings. The van der Waals surface area contributed by atoms with Crippen molar-refractivity contribution < 1.29 is 27.1 Å². The molecule has 0 radical (unpaired) electrons. The Labute approximate surface area is 243 Å². The van der Waals surface area contributed by atoms with Crippen LogP contribution >= 0.6 is 0 Å². The van der Waals surface area contributed by atoms with Crippen LogP contribution in [0.4, 0.5) is 13.2 Å². The average molecular weight is 591 g/mol. The molecule has 9 heteroatoms. The minimum absolute atomic E-state index is 0.0147. The second-order valence-corrected chi connectivity index (χ2v) is 19.8. The van der Waals surface area contributed by atoms with E-state index in [1.165, 1.54) is 12.3 Å². The molecule has 0 bridgehead atoms. The van der Waals surface area contributed by atoms with Crippen LogP contribution in [0.1, 0.15) is 138 Å². The van der Waals surface area contributed by atoms with E-state index < -0.39 is 31.9 Å². The molecular weight excluding hydrogens is 545 g/mol. The van der Waals surface area contributed by atoms with Gasteiger partial charge < -0.3 is 14.4 Å². The Hall–Kier alpha value is -1.97. The first-order valence-corrected chi connectivity index (χ1v) is 17.9. The Morgan fingerprint density at radius 3 is 2.24 bits per heavy atom. The van der Waals surface area contributed by atoms with Crippen molar-refractivity contribution in [1.82, 2.24) is 4.98 Å². The molecule has 5 rings (SSSR count). The van der Waals surface area contributed by atoms with Gasteiger partial charge in [0.15, 0.2) is 14.0 Å². The minimum atomic E-state index is -4.53. The smallest absolute Gasteiger partial charge is 0.433 e. The number of alkyl halides is 3. The van der Waals surface area contributed by atoms with Gasteiger partial charge in [-0.25, -0.2) is 0 Å². The van der Waals surface area contributed by atoms with Crippen molar-refractivity contribution in [3.8, 4) is 0 Å². The summed E-state index contributed by atoms with van der Waals surface area (Å²) in [5, 5.41) is 14.4. The van der Waals surface area contributed by atoms with Gasteiger partial charge in [-0.2, -0.15) is 17.9 Å². The van der Waals surface area contributed by atoms with Gasteiger partial charge in [0.25, 0.3) is 0 Å². The molecule has 3 heterocycles. The van der Waals surface area contributed by atoms with E-state index in [0.29, 0.717) is 17.7 Å². The van der Waals surface area contributed by atoms with Crippen LogP contribution in [-0.2, 0) is 27.4 Å². The van der Waals surface area contributed by atoms with E-state index in [-0.39, 0.29) is 22.5 Å². The Bertz CT molecular complexity index is 1320. The van der Waals surface area contributed by atoms with E-state index in [9.17, 15) is 18.4 Å². The maximum absolute atomic E-state index is 14.4. The molecule has 0 saturated heterocycles. The molecule has 1 fully saturated rings. The molecule has 1 unspecified atom stereocenters. The van der Waals surface area contributed by atoms with E-state index in [4.69, 9.17) is 9.16 Å². The standard InChI is InChI=1S/C32H45F3N2O3Si/c1-19(2)27-25-26(24-21(37(27)38)16-30(6,7)17-22(24)40-41(8,9)29(3,4)5)31(14-10-11-15-31)39-28(25)20-12-13-23(36-18-20)32(33,34)35/h12-13,18-19,22,28H,10-11,14-17H2,1-9H3/t22?,28-/m1/s1. The van der Waals surface area contributed by atoms with E-state index in [0.717, 1.165) is 65.3 Å². The molecule has 2 aliphatic carbocycles. The lowest BCUT2D eigenvalue weighted by Crippen LogP contribution is -2.49. The van der Waals surface area contributed by atoms with Crippen LogP contribution < -0.4 is 4.73 Å². The highest BCUT2D eigenvalue weighted by Gasteiger charge is 2.56. The summed E-state index contributed by atoms with van der Waals surface area (Å²) in [7, 11) is -2.23. The third-order valence-corrected chi connectivity index (χ3v) is 14.4. The number of halogens is 3. The van der Waals surface area contributed by atoms with Crippen molar-refractivity contribution in [2.75, 3.05) is 0 Å². The van der Waals surface area contributed by atoms with Gasteiger partial charge in [-0.1, -0.05) is 67.4 Å². The summed E-state index contributed by atoms with van der Waals surface area (Å²) in [4.78, 5) is 3.77. The van der Waals surface area contributed by atoms with Crippen LogP contribution in [0.3, 0.4) is 0 Å². The number of hydrogen-bond donors (Lipinski definition) is 0. The Kier molecular flexibility index (Phi) is 7.27. The van der Waals surface area contributed by atoms with Gasteiger partial charge in [-0.15, -0.1) is 0 Å². The first-order valence-electron chi connectivity index (χ1n) is 15.0.